The first kappa shape index (κ1) is 23.2. The molecule has 1 fully saturated rings. The molecule has 0 bridgehead atoms. The van der Waals surface area contributed by atoms with Crippen LogP contribution in [0.1, 0.15) is 30.9 Å². The average Bonchev–Trinajstić information content (AvgIpc) is 2.86. The van der Waals surface area contributed by atoms with E-state index in [0.29, 0.717) is 39.1 Å². The maximum Gasteiger partial charge on any atom is 0.223 e. The van der Waals surface area contributed by atoms with Gasteiger partial charge in [-0.2, -0.15) is 0 Å². The number of aromatic nitrogens is 1. The van der Waals surface area contributed by atoms with E-state index in [4.69, 9.17) is 9.47 Å². The van der Waals surface area contributed by atoms with Gasteiger partial charge in [0.25, 0.3) is 0 Å². The summed E-state index contributed by atoms with van der Waals surface area (Å²) in [4.78, 5) is 18.4. The zero-order valence-corrected chi connectivity index (χ0v) is 19.2. The van der Waals surface area contributed by atoms with E-state index in [2.05, 4.69) is 23.2 Å². The van der Waals surface area contributed by atoms with Crippen LogP contribution >= 0.6 is 0 Å². The van der Waals surface area contributed by atoms with E-state index in [1.807, 2.05) is 48.4 Å². The summed E-state index contributed by atoms with van der Waals surface area (Å²) in [6, 6.07) is 16.2. The summed E-state index contributed by atoms with van der Waals surface area (Å²) in [7, 11) is 0. The fourth-order valence-electron chi connectivity index (χ4n) is 4.11. The lowest BCUT2D eigenvalue weighted by Crippen LogP contribution is -2.40. The highest BCUT2D eigenvalue weighted by Gasteiger charge is 2.17. The minimum Gasteiger partial charge on any atom is -0.488 e. The third-order valence-corrected chi connectivity index (χ3v) is 6.18. The fourth-order valence-corrected chi connectivity index (χ4v) is 4.11. The largest absolute Gasteiger partial charge is 0.488 e. The summed E-state index contributed by atoms with van der Waals surface area (Å²) in [6.07, 6.45) is 5.32. The molecule has 6 nitrogen and oxygen atoms in total. The van der Waals surface area contributed by atoms with Gasteiger partial charge in [-0.1, -0.05) is 30.3 Å². The number of nitrogens with zero attached hydrogens (tertiary/aromatic N) is 2. The predicted molar refractivity (Wildman–Crippen MR) is 128 cm³/mol. The Balaban J connectivity index is 1.30. The summed E-state index contributed by atoms with van der Waals surface area (Å²) in [5, 5.41) is 12.7. The van der Waals surface area contributed by atoms with E-state index in [1.165, 1.54) is 0 Å². The van der Waals surface area contributed by atoms with Crippen molar-refractivity contribution in [2.24, 2.45) is 0 Å². The summed E-state index contributed by atoms with van der Waals surface area (Å²) in [5.74, 6) is 0.934. The highest BCUT2D eigenvalue weighted by Crippen LogP contribution is 2.24. The van der Waals surface area contributed by atoms with Crippen molar-refractivity contribution in [1.29, 1.82) is 0 Å². The van der Waals surface area contributed by atoms with Crippen LogP contribution in [0.5, 0.6) is 5.75 Å². The number of pyridine rings is 1. The number of hydrogen-bond acceptors (Lipinski definition) is 5. The number of amides is 1. The van der Waals surface area contributed by atoms with E-state index in [1.54, 1.807) is 6.20 Å². The summed E-state index contributed by atoms with van der Waals surface area (Å²) >= 11 is 0. The normalized spacial score (nSPS) is 15.9. The number of carbonyl (C=O) groups is 1. The van der Waals surface area contributed by atoms with Gasteiger partial charge in [-0.15, -0.1) is 0 Å². The van der Waals surface area contributed by atoms with E-state index in [-0.39, 0.29) is 12.0 Å². The van der Waals surface area contributed by atoms with Gasteiger partial charge in [0.15, 0.2) is 0 Å². The van der Waals surface area contributed by atoms with Crippen LogP contribution in [0, 0.1) is 0 Å². The molecule has 6 heteroatoms. The van der Waals surface area contributed by atoms with E-state index >= 15 is 0 Å². The lowest BCUT2D eigenvalue weighted by Gasteiger charge is -2.26. The number of rotatable bonds is 9. The molecule has 1 aliphatic heterocycles. The van der Waals surface area contributed by atoms with E-state index in [0.717, 1.165) is 40.5 Å². The molecule has 0 radical (unpaired) electrons. The molecule has 2 aromatic carbocycles. The molecule has 0 spiro atoms. The number of ether oxygens (including phenoxy) is 2. The Hall–Kier alpha value is -2.96. The van der Waals surface area contributed by atoms with Crippen molar-refractivity contribution in [2.75, 3.05) is 26.3 Å². The van der Waals surface area contributed by atoms with Crippen LogP contribution in [0.3, 0.4) is 0 Å². The van der Waals surface area contributed by atoms with Crippen LogP contribution < -0.4 is 4.74 Å². The monoisotopic (exact) mass is 448 g/mol. The zero-order chi connectivity index (χ0) is 23.0. The Morgan fingerprint density at radius 2 is 1.88 bits per heavy atom. The molecule has 4 rings (SSSR count). The lowest BCUT2D eigenvalue weighted by atomic mass is 10.0. The smallest absolute Gasteiger partial charge is 0.223 e. The van der Waals surface area contributed by atoms with E-state index < -0.39 is 6.10 Å². The second-order valence-electron chi connectivity index (χ2n) is 8.63. The first-order valence-electron chi connectivity index (χ1n) is 11.7. The maximum atomic E-state index is 12.4. The van der Waals surface area contributed by atoms with Crippen LogP contribution in [0.4, 0.5) is 0 Å². The molecule has 174 valence electrons. The quantitative estimate of drug-likeness (QED) is 0.539. The second kappa shape index (κ2) is 11.3. The van der Waals surface area contributed by atoms with Gasteiger partial charge in [0.05, 0.1) is 19.3 Å². The molecule has 0 saturated carbocycles. The number of fused-ring (bicyclic) bond motifs is 1. The third kappa shape index (κ3) is 6.53. The molecule has 1 saturated heterocycles. The van der Waals surface area contributed by atoms with E-state index in [9.17, 15) is 9.90 Å². The Morgan fingerprint density at radius 1 is 1.09 bits per heavy atom. The fraction of sp³-hybridized carbons (Fsp3) is 0.407. The first-order chi connectivity index (χ1) is 16.1. The molecule has 33 heavy (non-hydrogen) atoms. The van der Waals surface area contributed by atoms with Crippen LogP contribution in [0.2, 0.25) is 0 Å². The van der Waals surface area contributed by atoms with Gasteiger partial charge in [-0.05, 0) is 66.3 Å². The van der Waals surface area contributed by atoms with Gasteiger partial charge in [-0.25, -0.2) is 0 Å². The highest BCUT2D eigenvalue weighted by molar-refractivity contribution is 5.84. The minimum absolute atomic E-state index is 0.193. The molecule has 1 amide bonds. The highest BCUT2D eigenvalue weighted by atomic mass is 16.5. The Bertz CT molecular complexity index is 1050. The zero-order valence-electron chi connectivity index (χ0n) is 19.2. The van der Waals surface area contributed by atoms with Gasteiger partial charge >= 0.3 is 0 Å². The Labute approximate surface area is 195 Å². The average molecular weight is 449 g/mol. The first-order valence-corrected chi connectivity index (χ1v) is 11.7. The van der Waals surface area contributed by atoms with Crippen LogP contribution in [-0.4, -0.2) is 59.4 Å². The molecule has 1 aliphatic rings. The number of aryl methyl sites for hydroxylation is 2. The molecule has 1 aromatic heterocycles. The van der Waals surface area contributed by atoms with Crippen molar-refractivity contribution in [3.05, 3.63) is 72.1 Å². The van der Waals surface area contributed by atoms with Crippen molar-refractivity contribution < 1.29 is 19.4 Å². The molecule has 2 atom stereocenters. The lowest BCUT2D eigenvalue weighted by molar-refractivity contribution is -0.135. The van der Waals surface area contributed by atoms with Crippen LogP contribution in [0.25, 0.3) is 10.8 Å². The Kier molecular flexibility index (Phi) is 7.92. The van der Waals surface area contributed by atoms with Crippen LogP contribution in [-0.2, 0) is 22.4 Å². The molecule has 2 unspecified atom stereocenters. The van der Waals surface area contributed by atoms with Crippen molar-refractivity contribution in [1.82, 2.24) is 9.88 Å². The topological polar surface area (TPSA) is 71.9 Å². The number of morpholine rings is 1. The van der Waals surface area contributed by atoms with Gasteiger partial charge in [-0.3, -0.25) is 9.78 Å². The molecule has 3 aromatic rings. The molecule has 1 N–H and O–H groups in total. The molecular formula is C27H32N2O4. The van der Waals surface area contributed by atoms with Gasteiger partial charge < -0.3 is 19.5 Å². The van der Waals surface area contributed by atoms with Crippen molar-refractivity contribution in [3.63, 3.8) is 0 Å². The maximum absolute atomic E-state index is 12.4. The third-order valence-electron chi connectivity index (χ3n) is 6.18. The van der Waals surface area contributed by atoms with Gasteiger partial charge in [0.1, 0.15) is 11.9 Å². The SMILES string of the molecule is CC(Oc1ccc2cc(CCC(=O)N3CCOCC3)ccc2c1)C(O)CCc1cccnc1. The predicted octanol–water partition coefficient (Wildman–Crippen LogP) is 3.79. The summed E-state index contributed by atoms with van der Waals surface area (Å²) < 4.78 is 11.3. The van der Waals surface area contributed by atoms with Gasteiger partial charge in [0.2, 0.25) is 5.91 Å². The number of carbonyl (C=O) groups excluding carboxylic acids is 1. The minimum atomic E-state index is -0.563. The van der Waals surface area contributed by atoms with Crippen molar-refractivity contribution in [3.8, 4) is 5.75 Å². The van der Waals surface area contributed by atoms with Crippen molar-refractivity contribution >= 4 is 16.7 Å². The van der Waals surface area contributed by atoms with Crippen molar-refractivity contribution in [2.45, 2.75) is 44.8 Å². The number of aliphatic hydroxyl groups excluding tert-OH is 1. The number of benzene rings is 2. The molecule has 0 aliphatic carbocycles. The number of aliphatic hydroxyl groups is 1. The summed E-state index contributed by atoms with van der Waals surface area (Å²) in [5.41, 5.74) is 2.26. The standard InChI is InChI=1S/C27H32N2O4/c1-20(26(30)10-5-22-3-2-12-28-19-22)33-25-9-8-23-17-21(4-7-24(23)18-25)6-11-27(31)29-13-15-32-16-14-29/h2-4,7-9,12,17-20,26,30H,5-6,10-11,13-16H2,1H3. The second-order valence-corrected chi connectivity index (χ2v) is 8.63. The summed E-state index contributed by atoms with van der Waals surface area (Å²) in [6.45, 7) is 4.54. The Morgan fingerprint density at radius 3 is 2.67 bits per heavy atom. The number of hydrogen-bond donors (Lipinski definition) is 1. The van der Waals surface area contributed by atoms with Crippen LogP contribution in [0.15, 0.2) is 60.9 Å². The van der Waals surface area contributed by atoms with Gasteiger partial charge in [0, 0.05) is 31.9 Å². The molecule has 2 heterocycles. The molecular weight excluding hydrogens is 416 g/mol.